The van der Waals surface area contributed by atoms with Gasteiger partial charge in [-0.3, -0.25) is 0 Å². The summed E-state index contributed by atoms with van der Waals surface area (Å²) in [5.74, 6) is 0. The van der Waals surface area contributed by atoms with Crippen molar-refractivity contribution in [3.05, 3.63) is 109 Å². The predicted molar refractivity (Wildman–Crippen MR) is 119 cm³/mol. The molecule has 1 unspecified atom stereocenters. The van der Waals surface area contributed by atoms with Gasteiger partial charge in [-0.25, -0.2) is 0 Å². The molecule has 28 heavy (non-hydrogen) atoms. The second-order valence-electron chi connectivity index (χ2n) is 6.26. The maximum absolute atomic E-state index is 6.13. The van der Waals surface area contributed by atoms with Crippen LogP contribution in [0.1, 0.15) is 6.92 Å². The first-order valence-corrected chi connectivity index (χ1v) is 12.4. The van der Waals surface area contributed by atoms with Crippen molar-refractivity contribution in [1.82, 2.24) is 0 Å². The van der Waals surface area contributed by atoms with Gasteiger partial charge < -0.3 is 0 Å². The molecular weight excluding hydrogens is 537 g/mol. The zero-order valence-corrected chi connectivity index (χ0v) is 19.4. The molecule has 0 amide bonds. The van der Waals surface area contributed by atoms with Crippen LogP contribution in [-0.4, -0.2) is 16.9 Å². The summed E-state index contributed by atoms with van der Waals surface area (Å²) in [4.78, 5) is 0. The van der Waals surface area contributed by atoms with Crippen molar-refractivity contribution in [3.63, 3.8) is 0 Å². The molecule has 142 valence electrons. The predicted octanol–water partition coefficient (Wildman–Crippen LogP) is 4.40. The fourth-order valence-corrected chi connectivity index (χ4v) is 9.46. The first kappa shape index (κ1) is 20.8. The summed E-state index contributed by atoms with van der Waals surface area (Å²) < 4.78 is 9.70. The van der Waals surface area contributed by atoms with Gasteiger partial charge in [-0.2, -0.15) is 0 Å². The van der Waals surface area contributed by atoms with E-state index in [1.165, 1.54) is 21.2 Å². The average Bonchev–Trinajstić information content (AvgIpc) is 2.78. The van der Waals surface area contributed by atoms with E-state index >= 15 is 0 Å². The second kappa shape index (κ2) is 10.0. The van der Waals surface area contributed by atoms with Gasteiger partial charge in [0.05, 0.1) is 0 Å². The number of rotatable bonds is 8. The Morgan fingerprint density at radius 3 is 1.57 bits per heavy atom. The first-order valence-electron chi connectivity index (χ1n) is 9.31. The summed E-state index contributed by atoms with van der Waals surface area (Å²) >= 11 is 1.76. The van der Waals surface area contributed by atoms with Crippen LogP contribution in [0, 0.1) is 0 Å². The molecule has 0 saturated heterocycles. The fourth-order valence-electron chi connectivity index (χ4n) is 3.56. The van der Waals surface area contributed by atoms with Gasteiger partial charge in [-0.05, 0) is 0 Å². The van der Waals surface area contributed by atoms with Gasteiger partial charge in [0, 0.05) is 0 Å². The van der Waals surface area contributed by atoms with Crippen molar-refractivity contribution in [1.29, 1.82) is 0 Å². The van der Waals surface area contributed by atoms with Crippen LogP contribution in [0.5, 0.6) is 0 Å². The van der Waals surface area contributed by atoms with E-state index < -0.39 is 7.26 Å². The van der Waals surface area contributed by atoms with Gasteiger partial charge in [0.25, 0.3) is 0 Å². The molecule has 3 aromatic carbocycles. The van der Waals surface area contributed by atoms with Crippen molar-refractivity contribution in [2.75, 3.05) is 6.61 Å². The van der Waals surface area contributed by atoms with Crippen molar-refractivity contribution in [3.8, 4) is 0 Å². The Balaban J connectivity index is 2.44. The van der Waals surface area contributed by atoms with E-state index in [2.05, 4.69) is 102 Å². The van der Waals surface area contributed by atoms with E-state index in [0.29, 0.717) is 6.61 Å². The van der Waals surface area contributed by atoms with Crippen LogP contribution >= 0.6 is 7.26 Å². The average molecular weight is 562 g/mol. The number of hydrogen-bond acceptors (Lipinski definition) is 1. The molecule has 0 fully saturated rings. The number of benzene rings is 3. The molecule has 1 atom stereocenters. The van der Waals surface area contributed by atoms with E-state index in [1.807, 2.05) is 13.0 Å². The molecule has 3 aromatic rings. The molecule has 0 aromatic heterocycles. The van der Waals surface area contributed by atoms with E-state index in [9.17, 15) is 0 Å². The Bertz CT molecular complexity index is 851. The molecule has 0 N–H and O–H groups in total. The van der Waals surface area contributed by atoms with Gasteiger partial charge in [0.15, 0.2) is 0 Å². The third-order valence-corrected chi connectivity index (χ3v) is 10.2. The van der Waals surface area contributed by atoms with E-state index in [1.54, 1.807) is 18.1 Å². The summed E-state index contributed by atoms with van der Waals surface area (Å²) in [6.45, 7) is 6.73. The summed E-state index contributed by atoms with van der Waals surface area (Å²) in [6, 6.07) is 32.4. The van der Waals surface area contributed by atoms with Crippen LogP contribution < -0.4 is 15.9 Å². The van der Waals surface area contributed by atoms with Gasteiger partial charge in [0.1, 0.15) is 0 Å². The van der Waals surface area contributed by atoms with Crippen LogP contribution in [0.25, 0.3) is 0 Å². The van der Waals surface area contributed by atoms with Crippen LogP contribution in [-0.2, 0) is 22.9 Å². The minimum absolute atomic E-state index is 0.184. The van der Waals surface area contributed by atoms with Gasteiger partial charge in [0.2, 0.25) is 0 Å². The monoisotopic (exact) mass is 563 g/mol. The molecule has 0 bridgehead atoms. The second-order valence-corrected chi connectivity index (χ2v) is 10.3. The topological polar surface area (TPSA) is 9.23 Å². The zero-order chi connectivity index (χ0) is 19.8. The van der Waals surface area contributed by atoms with Crippen molar-refractivity contribution < 1.29 is 22.9 Å². The molecule has 3 rings (SSSR count). The van der Waals surface area contributed by atoms with E-state index in [4.69, 9.17) is 4.74 Å². The first-order chi connectivity index (χ1) is 13.8. The molecule has 0 aliphatic heterocycles. The van der Waals surface area contributed by atoms with Crippen molar-refractivity contribution in [2.24, 2.45) is 0 Å². The van der Waals surface area contributed by atoms with Gasteiger partial charge in [-0.1, -0.05) is 0 Å². The Morgan fingerprint density at radius 2 is 1.29 bits per heavy atom. The Kier molecular flexibility index (Phi) is 7.45. The third-order valence-electron chi connectivity index (χ3n) is 4.71. The van der Waals surface area contributed by atoms with Crippen LogP contribution in [0.15, 0.2) is 109 Å². The van der Waals surface area contributed by atoms with Crippen LogP contribution in [0.4, 0.5) is 0 Å². The fraction of sp³-hybridized carbons (Fsp3) is 0.120. The molecule has 0 saturated carbocycles. The van der Waals surface area contributed by atoms with Crippen LogP contribution in [0.2, 0.25) is 0 Å². The minimum atomic E-state index is -2.15. The maximum atomic E-state index is 6.13. The van der Waals surface area contributed by atoms with Gasteiger partial charge >= 0.3 is 179 Å². The van der Waals surface area contributed by atoms with E-state index in [0.717, 1.165) is 0 Å². The van der Waals surface area contributed by atoms with Crippen molar-refractivity contribution >= 4 is 27.4 Å². The SMILES string of the molecule is C=CC(OCC)C(=[C]=[Os])[P+](c1ccccc1)(c1ccccc1)c1ccccc1. The number of hydrogen-bond donors (Lipinski definition) is 0. The number of ether oxygens (including phenoxy) is 1. The standard InChI is InChI=1S/C25H24OP.Os/c1-4-25(26-5-2)21(3)27(22-15-9-6-10-16-22,23-17-11-7-12-18-23)24-19-13-8-14-20-24;/h4,6-20,25H,1,5H2,2H3;/q+1;. The van der Waals surface area contributed by atoms with Gasteiger partial charge in [-0.15, -0.1) is 0 Å². The Labute approximate surface area is 178 Å². The Morgan fingerprint density at radius 1 is 0.893 bits per heavy atom. The molecule has 0 aliphatic rings. The molecule has 0 aliphatic carbocycles. The summed E-state index contributed by atoms with van der Waals surface area (Å²) in [5.41, 5.74) is 0. The molecule has 3 heteroatoms. The molecule has 1 nitrogen and oxygen atoms in total. The third kappa shape index (κ3) is 3.94. The van der Waals surface area contributed by atoms with Crippen LogP contribution in [0.3, 0.4) is 0 Å². The normalized spacial score (nSPS) is 12.1. The summed E-state index contributed by atoms with van der Waals surface area (Å²) in [6.07, 6.45) is 1.72. The van der Waals surface area contributed by atoms with Crippen molar-refractivity contribution in [2.45, 2.75) is 13.0 Å². The molecule has 0 heterocycles. The quantitative estimate of drug-likeness (QED) is 0.293. The molecular formula is C25H24OOsP+. The zero-order valence-electron chi connectivity index (χ0n) is 15.9. The summed E-state index contributed by atoms with van der Waals surface area (Å²) in [7, 11) is -2.15. The molecule has 0 radical (unpaired) electrons. The Hall–Kier alpha value is -1.92. The summed E-state index contributed by atoms with van der Waals surface area (Å²) in [5, 5.41) is 5.07. The molecule has 0 spiro atoms. The van der Waals surface area contributed by atoms with E-state index in [-0.39, 0.29) is 6.10 Å².